The van der Waals surface area contributed by atoms with Crippen LogP contribution in [0.5, 0.6) is 0 Å². The van der Waals surface area contributed by atoms with Crippen molar-refractivity contribution in [1.29, 1.82) is 0 Å². The van der Waals surface area contributed by atoms with Gasteiger partial charge in [-0.15, -0.1) is 0 Å². The molecule has 0 radical (unpaired) electrons. The van der Waals surface area contributed by atoms with E-state index in [2.05, 4.69) is 19.9 Å². The van der Waals surface area contributed by atoms with Crippen LogP contribution >= 0.6 is 0 Å². The van der Waals surface area contributed by atoms with Gasteiger partial charge in [0.1, 0.15) is 4.90 Å². The minimum absolute atomic E-state index is 0.105. The van der Waals surface area contributed by atoms with Crippen LogP contribution in [0.25, 0.3) is 10.8 Å². The second-order valence-corrected chi connectivity index (χ2v) is 7.86. The van der Waals surface area contributed by atoms with E-state index in [0.717, 1.165) is 55.0 Å². The van der Waals surface area contributed by atoms with Gasteiger partial charge in [0, 0.05) is 5.39 Å². The average molecular weight is 349 g/mol. The lowest BCUT2D eigenvalue weighted by Gasteiger charge is -2.12. The van der Waals surface area contributed by atoms with E-state index in [1.165, 1.54) is 6.42 Å². The SMILES string of the molecule is CCCCCc1ccc2ccc(CCCCC)c(S(=O)(=O)O)c2c1. The highest BCUT2D eigenvalue weighted by atomic mass is 32.2. The number of hydrogen-bond donors (Lipinski definition) is 1. The third-order valence-electron chi connectivity index (χ3n) is 4.49. The normalized spacial score (nSPS) is 12.0. The zero-order chi connectivity index (χ0) is 17.6. The van der Waals surface area contributed by atoms with Gasteiger partial charge in [-0.3, -0.25) is 4.55 Å². The molecule has 0 fully saturated rings. The molecule has 2 aromatic carbocycles. The lowest BCUT2D eigenvalue weighted by molar-refractivity contribution is 0.483. The molecular formula is C20H28O3S. The Morgan fingerprint density at radius 3 is 2.12 bits per heavy atom. The van der Waals surface area contributed by atoms with Crippen LogP contribution in [0.2, 0.25) is 0 Å². The van der Waals surface area contributed by atoms with Gasteiger partial charge in [0.25, 0.3) is 10.1 Å². The Labute approximate surface area is 145 Å². The summed E-state index contributed by atoms with van der Waals surface area (Å²) in [7, 11) is -4.24. The summed E-state index contributed by atoms with van der Waals surface area (Å²) in [6, 6.07) is 9.76. The maximum absolute atomic E-state index is 12.0. The number of aryl methyl sites for hydroxylation is 2. The monoisotopic (exact) mass is 348 g/mol. The Kier molecular flexibility index (Phi) is 6.81. The molecule has 0 amide bonds. The van der Waals surface area contributed by atoms with Crippen LogP contribution in [-0.4, -0.2) is 13.0 Å². The van der Waals surface area contributed by atoms with Crippen molar-refractivity contribution in [1.82, 2.24) is 0 Å². The lowest BCUT2D eigenvalue weighted by atomic mass is 9.99. The molecule has 0 saturated carbocycles. The largest absolute Gasteiger partial charge is 0.295 e. The van der Waals surface area contributed by atoms with Gasteiger partial charge in [0.05, 0.1) is 0 Å². The predicted octanol–water partition coefficient (Wildman–Crippen LogP) is 5.55. The van der Waals surface area contributed by atoms with E-state index in [-0.39, 0.29) is 4.90 Å². The maximum atomic E-state index is 12.0. The molecule has 0 aliphatic rings. The van der Waals surface area contributed by atoms with Crippen molar-refractivity contribution in [2.75, 3.05) is 0 Å². The highest BCUT2D eigenvalue weighted by Crippen LogP contribution is 2.29. The molecule has 1 N–H and O–H groups in total. The molecule has 3 nitrogen and oxygen atoms in total. The molecular weight excluding hydrogens is 320 g/mol. The van der Waals surface area contributed by atoms with Crippen LogP contribution in [0.3, 0.4) is 0 Å². The zero-order valence-electron chi connectivity index (χ0n) is 14.7. The molecule has 2 aromatic rings. The van der Waals surface area contributed by atoms with E-state index in [9.17, 15) is 13.0 Å². The maximum Gasteiger partial charge on any atom is 0.295 e. The Hall–Kier alpha value is -1.39. The summed E-state index contributed by atoms with van der Waals surface area (Å²) in [5.74, 6) is 0. The number of hydrogen-bond acceptors (Lipinski definition) is 2. The Morgan fingerprint density at radius 1 is 0.875 bits per heavy atom. The molecule has 0 spiro atoms. The molecule has 0 heterocycles. The fourth-order valence-corrected chi connectivity index (χ4v) is 4.14. The molecule has 0 unspecified atom stereocenters. The summed E-state index contributed by atoms with van der Waals surface area (Å²) in [6.07, 6.45) is 8.11. The van der Waals surface area contributed by atoms with Crippen LogP contribution in [0.15, 0.2) is 35.2 Å². The third kappa shape index (κ3) is 4.81. The molecule has 0 aromatic heterocycles. The first-order valence-corrected chi connectivity index (χ1v) is 10.4. The second-order valence-electron chi connectivity index (χ2n) is 6.50. The van der Waals surface area contributed by atoms with E-state index in [4.69, 9.17) is 0 Å². The van der Waals surface area contributed by atoms with Crippen LogP contribution in [0, 0.1) is 0 Å². The minimum Gasteiger partial charge on any atom is -0.282 e. The van der Waals surface area contributed by atoms with E-state index in [1.807, 2.05) is 24.3 Å². The second kappa shape index (κ2) is 8.63. The summed E-state index contributed by atoms with van der Waals surface area (Å²) < 4.78 is 33.9. The molecule has 4 heteroatoms. The topological polar surface area (TPSA) is 54.4 Å². The van der Waals surface area contributed by atoms with Gasteiger partial charge in [0.15, 0.2) is 0 Å². The van der Waals surface area contributed by atoms with Gasteiger partial charge >= 0.3 is 0 Å². The first-order chi connectivity index (χ1) is 11.5. The molecule has 0 aliphatic carbocycles. The lowest BCUT2D eigenvalue weighted by Crippen LogP contribution is -2.05. The van der Waals surface area contributed by atoms with Crippen molar-refractivity contribution < 1.29 is 13.0 Å². The fourth-order valence-electron chi connectivity index (χ4n) is 3.19. The molecule has 0 saturated heterocycles. The summed E-state index contributed by atoms with van der Waals surface area (Å²) in [4.78, 5) is 0.105. The number of benzene rings is 2. The molecule has 2 rings (SSSR count). The molecule has 0 atom stereocenters. The fraction of sp³-hybridized carbons (Fsp3) is 0.500. The summed E-state index contributed by atoms with van der Waals surface area (Å²) in [5, 5.41) is 1.52. The molecule has 132 valence electrons. The predicted molar refractivity (Wildman–Crippen MR) is 100 cm³/mol. The van der Waals surface area contributed by atoms with Crippen molar-refractivity contribution >= 4 is 20.9 Å². The van der Waals surface area contributed by atoms with Crippen LogP contribution in [-0.2, 0) is 23.0 Å². The summed E-state index contributed by atoms with van der Waals surface area (Å²) in [5.41, 5.74) is 1.86. The van der Waals surface area contributed by atoms with Gasteiger partial charge in [-0.1, -0.05) is 63.8 Å². The van der Waals surface area contributed by atoms with Crippen LogP contribution in [0.1, 0.15) is 63.5 Å². The van der Waals surface area contributed by atoms with Crippen molar-refractivity contribution in [3.8, 4) is 0 Å². The smallest absolute Gasteiger partial charge is 0.282 e. The first-order valence-electron chi connectivity index (χ1n) is 8.99. The quantitative estimate of drug-likeness (QED) is 0.477. The number of fused-ring (bicyclic) bond motifs is 1. The van der Waals surface area contributed by atoms with Crippen molar-refractivity contribution in [3.63, 3.8) is 0 Å². The standard InChI is InChI=1S/C20H28O3S/c1-3-5-7-9-16-11-12-17-13-14-18(10-8-6-4-2)20(19(17)15-16)24(21,22)23/h11-15H,3-10H2,1-2H3,(H,21,22,23). The highest BCUT2D eigenvalue weighted by molar-refractivity contribution is 7.86. The van der Waals surface area contributed by atoms with Crippen molar-refractivity contribution in [2.45, 2.75) is 70.1 Å². The third-order valence-corrected chi connectivity index (χ3v) is 5.49. The number of rotatable bonds is 9. The average Bonchev–Trinajstić information content (AvgIpc) is 2.53. The highest BCUT2D eigenvalue weighted by Gasteiger charge is 2.19. The van der Waals surface area contributed by atoms with Gasteiger partial charge in [-0.05, 0) is 48.3 Å². The minimum atomic E-state index is -4.24. The van der Waals surface area contributed by atoms with Crippen LogP contribution in [0.4, 0.5) is 0 Å². The van der Waals surface area contributed by atoms with Gasteiger partial charge < -0.3 is 0 Å². The molecule has 0 aliphatic heterocycles. The van der Waals surface area contributed by atoms with Crippen molar-refractivity contribution in [3.05, 3.63) is 41.5 Å². The Balaban J connectivity index is 2.47. The van der Waals surface area contributed by atoms with Gasteiger partial charge in [-0.25, -0.2) is 0 Å². The molecule has 0 bridgehead atoms. The summed E-state index contributed by atoms with van der Waals surface area (Å²) >= 11 is 0. The van der Waals surface area contributed by atoms with E-state index >= 15 is 0 Å². The van der Waals surface area contributed by atoms with Crippen LogP contribution < -0.4 is 0 Å². The van der Waals surface area contributed by atoms with Crippen molar-refractivity contribution in [2.24, 2.45) is 0 Å². The zero-order valence-corrected chi connectivity index (χ0v) is 15.5. The van der Waals surface area contributed by atoms with E-state index in [1.54, 1.807) is 0 Å². The van der Waals surface area contributed by atoms with E-state index < -0.39 is 10.1 Å². The van der Waals surface area contributed by atoms with E-state index in [0.29, 0.717) is 11.8 Å². The first kappa shape index (κ1) is 18.9. The number of unbranched alkanes of at least 4 members (excludes halogenated alkanes) is 4. The Bertz CT molecular complexity index is 774. The summed E-state index contributed by atoms with van der Waals surface area (Å²) in [6.45, 7) is 4.28. The Morgan fingerprint density at radius 2 is 1.50 bits per heavy atom. The van der Waals surface area contributed by atoms with Gasteiger partial charge in [-0.2, -0.15) is 8.42 Å². The molecule has 24 heavy (non-hydrogen) atoms. The van der Waals surface area contributed by atoms with Gasteiger partial charge in [0.2, 0.25) is 0 Å².